The fourth-order valence-corrected chi connectivity index (χ4v) is 0.633. The van der Waals surface area contributed by atoms with Crippen molar-refractivity contribution in [2.45, 2.75) is 27.2 Å². The van der Waals surface area contributed by atoms with Crippen molar-refractivity contribution in [2.24, 2.45) is 4.40 Å². The van der Waals surface area contributed by atoms with Crippen molar-refractivity contribution in [2.75, 3.05) is 0 Å². The molecule has 3 heteroatoms. The van der Waals surface area contributed by atoms with E-state index in [2.05, 4.69) is 4.40 Å². The van der Waals surface area contributed by atoms with E-state index >= 15 is 0 Å². The fourth-order valence-electron chi connectivity index (χ4n) is 0.211. The molecule has 9 heavy (non-hydrogen) atoms. The van der Waals surface area contributed by atoms with E-state index in [0.29, 0.717) is 5.04 Å². The lowest BCUT2D eigenvalue weighted by Gasteiger charge is -1.91. The van der Waals surface area contributed by atoms with Crippen LogP contribution in [0.1, 0.15) is 27.2 Å². The Morgan fingerprint density at radius 3 is 2.44 bits per heavy atom. The van der Waals surface area contributed by atoms with Crippen LogP contribution in [0.4, 0.5) is 0 Å². The SMILES string of the molecule is CCC(=N)SN=C(C)C. The molecule has 52 valence electrons. The molecule has 0 unspecified atom stereocenters. The zero-order chi connectivity index (χ0) is 7.28. The van der Waals surface area contributed by atoms with Gasteiger partial charge in [0.25, 0.3) is 0 Å². The highest BCUT2D eigenvalue weighted by atomic mass is 32.2. The van der Waals surface area contributed by atoms with E-state index in [1.807, 2.05) is 20.8 Å². The standard InChI is InChI=1S/C6H12N2S/c1-4-6(7)9-8-5(2)3/h7H,4H2,1-3H3. The predicted molar refractivity (Wildman–Crippen MR) is 44.4 cm³/mol. The molecule has 1 N–H and O–H groups in total. The first kappa shape index (κ1) is 8.69. The summed E-state index contributed by atoms with van der Waals surface area (Å²) in [5.74, 6) is 0. The van der Waals surface area contributed by atoms with Crippen molar-refractivity contribution in [3.8, 4) is 0 Å². The number of nitrogens with one attached hydrogen (secondary N) is 1. The average Bonchev–Trinajstić information content (AvgIpc) is 1.83. The van der Waals surface area contributed by atoms with Gasteiger partial charge in [-0.3, -0.25) is 5.41 Å². The van der Waals surface area contributed by atoms with E-state index in [4.69, 9.17) is 5.41 Å². The molecular weight excluding hydrogens is 132 g/mol. The average molecular weight is 144 g/mol. The van der Waals surface area contributed by atoms with Crippen LogP contribution in [0.15, 0.2) is 4.40 Å². The largest absolute Gasteiger partial charge is 0.297 e. The third-order valence-electron chi connectivity index (χ3n) is 0.660. The molecule has 0 spiro atoms. The smallest absolute Gasteiger partial charge is 0.0866 e. The maximum atomic E-state index is 7.19. The Kier molecular flexibility index (Phi) is 4.40. The van der Waals surface area contributed by atoms with Crippen molar-refractivity contribution < 1.29 is 0 Å². The minimum absolute atomic E-state index is 0.621. The topological polar surface area (TPSA) is 36.2 Å². The first-order valence-electron chi connectivity index (χ1n) is 2.92. The van der Waals surface area contributed by atoms with Gasteiger partial charge in [0, 0.05) is 17.7 Å². The highest BCUT2D eigenvalue weighted by molar-refractivity contribution is 8.12. The third-order valence-corrected chi connectivity index (χ3v) is 1.63. The maximum absolute atomic E-state index is 7.19. The number of rotatable bonds is 2. The molecule has 0 saturated heterocycles. The number of hydrogen-bond acceptors (Lipinski definition) is 3. The molecule has 0 aromatic heterocycles. The quantitative estimate of drug-likeness (QED) is 0.361. The summed E-state index contributed by atoms with van der Waals surface area (Å²) < 4.78 is 4.00. The highest BCUT2D eigenvalue weighted by Gasteiger charge is 1.89. The van der Waals surface area contributed by atoms with Gasteiger partial charge in [-0.2, -0.15) is 0 Å². The van der Waals surface area contributed by atoms with Gasteiger partial charge in [0.2, 0.25) is 0 Å². The summed E-state index contributed by atoms with van der Waals surface area (Å²) >= 11 is 1.26. The maximum Gasteiger partial charge on any atom is 0.0866 e. The molecule has 0 bridgehead atoms. The van der Waals surface area contributed by atoms with Gasteiger partial charge in [-0.05, 0) is 20.3 Å². The Morgan fingerprint density at radius 1 is 1.56 bits per heavy atom. The summed E-state index contributed by atoms with van der Waals surface area (Å²) in [4.78, 5) is 0. The highest BCUT2D eigenvalue weighted by Crippen LogP contribution is 2.06. The molecule has 0 saturated carbocycles. The van der Waals surface area contributed by atoms with Crippen molar-refractivity contribution in [3.63, 3.8) is 0 Å². The summed E-state index contributed by atoms with van der Waals surface area (Å²) in [5, 5.41) is 7.81. The lowest BCUT2D eigenvalue weighted by molar-refractivity contribution is 1.28. The zero-order valence-corrected chi connectivity index (χ0v) is 6.88. The van der Waals surface area contributed by atoms with E-state index in [0.717, 1.165) is 12.1 Å². The zero-order valence-electron chi connectivity index (χ0n) is 6.06. The summed E-state index contributed by atoms with van der Waals surface area (Å²) in [6, 6.07) is 0. The van der Waals surface area contributed by atoms with Crippen molar-refractivity contribution >= 4 is 22.7 Å². The van der Waals surface area contributed by atoms with E-state index in [1.54, 1.807) is 0 Å². The molecule has 0 amide bonds. The van der Waals surface area contributed by atoms with Crippen LogP contribution in [-0.4, -0.2) is 10.8 Å². The molecule has 0 aromatic rings. The summed E-state index contributed by atoms with van der Waals surface area (Å²) in [7, 11) is 0. The van der Waals surface area contributed by atoms with Crippen LogP contribution in [-0.2, 0) is 0 Å². The second-order valence-corrected chi connectivity index (χ2v) is 2.76. The van der Waals surface area contributed by atoms with Gasteiger partial charge in [-0.25, -0.2) is 4.40 Å². The van der Waals surface area contributed by atoms with Crippen molar-refractivity contribution in [1.82, 2.24) is 0 Å². The second kappa shape index (κ2) is 4.56. The van der Waals surface area contributed by atoms with Gasteiger partial charge in [-0.1, -0.05) is 6.92 Å². The molecule has 0 aliphatic heterocycles. The van der Waals surface area contributed by atoms with Gasteiger partial charge >= 0.3 is 0 Å². The normalized spacial score (nSPS) is 8.78. The van der Waals surface area contributed by atoms with Gasteiger partial charge in [0.15, 0.2) is 0 Å². The first-order chi connectivity index (χ1) is 4.16. The molecular formula is C6H12N2S. The fraction of sp³-hybridized carbons (Fsp3) is 0.667. The molecule has 0 atom stereocenters. The van der Waals surface area contributed by atoms with Crippen LogP contribution < -0.4 is 0 Å². The van der Waals surface area contributed by atoms with Crippen LogP contribution in [0.2, 0.25) is 0 Å². The summed E-state index contributed by atoms with van der Waals surface area (Å²) in [6.07, 6.45) is 0.779. The van der Waals surface area contributed by atoms with E-state index in [-0.39, 0.29) is 0 Å². The first-order valence-corrected chi connectivity index (χ1v) is 3.69. The van der Waals surface area contributed by atoms with Crippen LogP contribution in [0.25, 0.3) is 0 Å². The minimum atomic E-state index is 0.621. The van der Waals surface area contributed by atoms with Crippen LogP contribution in [0.3, 0.4) is 0 Å². The second-order valence-electron chi connectivity index (χ2n) is 1.91. The monoisotopic (exact) mass is 144 g/mol. The van der Waals surface area contributed by atoms with E-state index in [9.17, 15) is 0 Å². The Bertz CT molecular complexity index is 125. The van der Waals surface area contributed by atoms with Crippen LogP contribution >= 0.6 is 11.9 Å². The van der Waals surface area contributed by atoms with Gasteiger partial charge < -0.3 is 0 Å². The Balaban J connectivity index is 3.50. The molecule has 0 aromatic carbocycles. The lowest BCUT2D eigenvalue weighted by Crippen LogP contribution is -1.84. The van der Waals surface area contributed by atoms with Crippen LogP contribution in [0.5, 0.6) is 0 Å². The number of nitrogens with zero attached hydrogens (tertiary/aromatic N) is 1. The summed E-state index contributed by atoms with van der Waals surface area (Å²) in [6.45, 7) is 5.81. The summed E-state index contributed by atoms with van der Waals surface area (Å²) in [5.41, 5.74) is 1.01. The van der Waals surface area contributed by atoms with Gasteiger partial charge in [0.1, 0.15) is 0 Å². The van der Waals surface area contributed by atoms with Gasteiger partial charge in [-0.15, -0.1) is 0 Å². The van der Waals surface area contributed by atoms with Crippen molar-refractivity contribution in [1.29, 1.82) is 5.41 Å². The molecule has 0 radical (unpaired) electrons. The van der Waals surface area contributed by atoms with E-state index in [1.165, 1.54) is 11.9 Å². The Labute approximate surface area is 60.4 Å². The minimum Gasteiger partial charge on any atom is -0.297 e. The molecule has 0 fully saturated rings. The van der Waals surface area contributed by atoms with Crippen LogP contribution in [0, 0.1) is 5.41 Å². The Morgan fingerprint density at radius 2 is 2.11 bits per heavy atom. The predicted octanol–water partition coefficient (Wildman–Crippen LogP) is 2.50. The number of hydrogen-bond donors (Lipinski definition) is 1. The molecule has 0 aliphatic carbocycles. The van der Waals surface area contributed by atoms with E-state index < -0.39 is 0 Å². The molecule has 0 aliphatic rings. The molecule has 2 nitrogen and oxygen atoms in total. The van der Waals surface area contributed by atoms with Crippen molar-refractivity contribution in [3.05, 3.63) is 0 Å². The molecule has 0 rings (SSSR count). The lowest BCUT2D eigenvalue weighted by atomic mass is 10.5. The third kappa shape index (κ3) is 5.56. The molecule has 0 heterocycles. The Hall–Kier alpha value is -0.310. The van der Waals surface area contributed by atoms with Gasteiger partial charge in [0.05, 0.1) is 5.04 Å².